The maximum atomic E-state index is 12.8. The second-order valence-electron chi connectivity index (χ2n) is 3.90. The molecule has 1 aliphatic rings. The third kappa shape index (κ3) is 2.39. The molecular formula is C10H6F3N3O4. The van der Waals surface area contributed by atoms with Crippen molar-refractivity contribution >= 4 is 23.3 Å². The number of nitrogens with zero attached hydrogens (tertiary/aromatic N) is 2. The summed E-state index contributed by atoms with van der Waals surface area (Å²) in [7, 11) is 0. The molecule has 0 aliphatic carbocycles. The molecule has 1 heterocycles. The number of nitro groups is 1. The van der Waals surface area contributed by atoms with E-state index in [1.54, 1.807) is 0 Å². The third-order valence-electron chi connectivity index (χ3n) is 2.59. The molecule has 20 heavy (non-hydrogen) atoms. The van der Waals surface area contributed by atoms with E-state index < -0.39 is 40.8 Å². The summed E-state index contributed by atoms with van der Waals surface area (Å²) in [6.07, 6.45) is -4.95. The van der Waals surface area contributed by atoms with Gasteiger partial charge in [0.25, 0.3) is 5.69 Å². The maximum Gasteiger partial charge on any atom is 0.423 e. The Morgan fingerprint density at radius 2 is 1.95 bits per heavy atom. The van der Waals surface area contributed by atoms with Crippen LogP contribution in [0, 0.1) is 10.1 Å². The lowest BCUT2D eigenvalue weighted by Crippen LogP contribution is -2.28. The van der Waals surface area contributed by atoms with Gasteiger partial charge in [0.2, 0.25) is 5.91 Å². The van der Waals surface area contributed by atoms with Crippen molar-refractivity contribution in [3.05, 3.63) is 33.9 Å². The number of alkyl halides is 3. The van der Waals surface area contributed by atoms with Gasteiger partial charge in [0, 0.05) is 11.8 Å². The predicted molar refractivity (Wildman–Crippen MR) is 59.0 cm³/mol. The van der Waals surface area contributed by atoms with Crippen LogP contribution < -0.4 is 10.2 Å². The first-order chi connectivity index (χ1) is 9.20. The van der Waals surface area contributed by atoms with E-state index in [9.17, 15) is 32.9 Å². The number of halogens is 3. The van der Waals surface area contributed by atoms with Crippen LogP contribution in [0.3, 0.4) is 0 Å². The van der Waals surface area contributed by atoms with Gasteiger partial charge in [-0.1, -0.05) is 0 Å². The molecular weight excluding hydrogens is 283 g/mol. The number of imide groups is 1. The largest absolute Gasteiger partial charge is 0.423 e. The standard InChI is InChI=1S/C10H6F3N3O4/c11-10(12,13)6-3-5(1-2-7(6)16(19)20)15-4-8(17)14-9(15)18/h1-3H,4H2,(H,14,17,18). The summed E-state index contributed by atoms with van der Waals surface area (Å²) in [4.78, 5) is 32.5. The average molecular weight is 289 g/mol. The van der Waals surface area contributed by atoms with Crippen LogP contribution in [0.5, 0.6) is 0 Å². The van der Waals surface area contributed by atoms with Gasteiger partial charge in [-0.15, -0.1) is 0 Å². The first-order valence-electron chi connectivity index (χ1n) is 5.17. The second kappa shape index (κ2) is 4.47. The summed E-state index contributed by atoms with van der Waals surface area (Å²) in [6, 6.07) is 1.22. The molecule has 2 rings (SSSR count). The maximum absolute atomic E-state index is 12.8. The molecule has 0 aromatic heterocycles. The molecule has 1 aromatic rings. The summed E-state index contributed by atoms with van der Waals surface area (Å²) < 4.78 is 38.3. The van der Waals surface area contributed by atoms with Gasteiger partial charge in [-0.2, -0.15) is 13.2 Å². The van der Waals surface area contributed by atoms with Gasteiger partial charge >= 0.3 is 12.2 Å². The zero-order valence-corrected chi connectivity index (χ0v) is 9.60. The summed E-state index contributed by atoms with van der Waals surface area (Å²) in [5, 5.41) is 12.5. The van der Waals surface area contributed by atoms with E-state index >= 15 is 0 Å². The Labute approximate surface area is 109 Å². The van der Waals surface area contributed by atoms with Crippen molar-refractivity contribution in [3.8, 4) is 0 Å². The lowest BCUT2D eigenvalue weighted by Gasteiger charge is -2.15. The summed E-state index contributed by atoms with van der Waals surface area (Å²) in [5.41, 5.74) is -2.84. The first kappa shape index (κ1) is 13.8. The third-order valence-corrected chi connectivity index (χ3v) is 2.59. The number of nitrogens with one attached hydrogen (secondary N) is 1. The van der Waals surface area contributed by atoms with E-state index in [1.165, 1.54) is 0 Å². The van der Waals surface area contributed by atoms with Crippen molar-refractivity contribution in [1.82, 2.24) is 5.32 Å². The smallest absolute Gasteiger partial charge is 0.285 e. The molecule has 10 heteroatoms. The molecule has 1 saturated heterocycles. The summed E-state index contributed by atoms with van der Waals surface area (Å²) in [6.45, 7) is -0.437. The first-order valence-corrected chi connectivity index (χ1v) is 5.17. The zero-order valence-electron chi connectivity index (χ0n) is 9.60. The molecule has 1 aliphatic heterocycles. The molecule has 0 atom stereocenters. The van der Waals surface area contributed by atoms with E-state index in [2.05, 4.69) is 0 Å². The highest BCUT2D eigenvalue weighted by Crippen LogP contribution is 2.38. The van der Waals surface area contributed by atoms with Crippen LogP contribution in [0.2, 0.25) is 0 Å². The van der Waals surface area contributed by atoms with Crippen LogP contribution >= 0.6 is 0 Å². The Bertz CT molecular complexity index is 614. The van der Waals surface area contributed by atoms with Gasteiger partial charge in [-0.3, -0.25) is 25.1 Å². The van der Waals surface area contributed by atoms with Crippen molar-refractivity contribution in [2.45, 2.75) is 6.18 Å². The number of amides is 3. The van der Waals surface area contributed by atoms with Crippen molar-refractivity contribution < 1.29 is 27.7 Å². The molecule has 7 nitrogen and oxygen atoms in total. The monoisotopic (exact) mass is 289 g/mol. The fourth-order valence-corrected chi connectivity index (χ4v) is 1.73. The van der Waals surface area contributed by atoms with Crippen LogP contribution in [-0.2, 0) is 11.0 Å². The van der Waals surface area contributed by atoms with E-state index in [0.717, 1.165) is 11.0 Å². The van der Waals surface area contributed by atoms with Crippen LogP contribution in [0.15, 0.2) is 18.2 Å². The Balaban J connectivity index is 2.50. The number of carbonyl (C=O) groups excluding carboxylic acids is 2. The van der Waals surface area contributed by atoms with Gasteiger partial charge in [-0.25, -0.2) is 4.79 Å². The number of urea groups is 1. The van der Waals surface area contributed by atoms with Gasteiger partial charge in [0.1, 0.15) is 12.1 Å². The zero-order chi connectivity index (χ0) is 15.1. The Kier molecular flexibility index (Phi) is 3.08. The van der Waals surface area contributed by atoms with Gasteiger partial charge in [0.05, 0.1) is 4.92 Å². The van der Waals surface area contributed by atoms with Crippen molar-refractivity contribution in [2.24, 2.45) is 0 Å². The van der Waals surface area contributed by atoms with Crippen LogP contribution in [-0.4, -0.2) is 23.4 Å². The van der Waals surface area contributed by atoms with E-state index in [1.807, 2.05) is 5.32 Å². The fourth-order valence-electron chi connectivity index (χ4n) is 1.73. The molecule has 0 bridgehead atoms. The molecule has 1 N–H and O–H groups in total. The number of benzene rings is 1. The van der Waals surface area contributed by atoms with Crippen LogP contribution in [0.4, 0.5) is 29.3 Å². The minimum absolute atomic E-state index is 0.244. The lowest BCUT2D eigenvalue weighted by atomic mass is 10.1. The molecule has 0 saturated carbocycles. The van der Waals surface area contributed by atoms with Gasteiger partial charge < -0.3 is 0 Å². The lowest BCUT2D eigenvalue weighted by molar-refractivity contribution is -0.388. The Morgan fingerprint density at radius 1 is 1.30 bits per heavy atom. The molecule has 0 unspecified atom stereocenters. The summed E-state index contributed by atoms with van der Waals surface area (Å²) in [5.74, 6) is -0.665. The molecule has 1 aromatic carbocycles. The van der Waals surface area contributed by atoms with E-state index in [0.29, 0.717) is 12.1 Å². The molecule has 0 radical (unpaired) electrons. The molecule has 106 valence electrons. The molecule has 0 spiro atoms. The fraction of sp³-hybridized carbons (Fsp3) is 0.200. The van der Waals surface area contributed by atoms with E-state index in [-0.39, 0.29) is 5.69 Å². The number of rotatable bonds is 2. The summed E-state index contributed by atoms with van der Waals surface area (Å²) >= 11 is 0. The second-order valence-corrected chi connectivity index (χ2v) is 3.90. The Hall–Kier alpha value is -2.65. The highest BCUT2D eigenvalue weighted by molar-refractivity contribution is 6.12. The van der Waals surface area contributed by atoms with Crippen LogP contribution in [0.25, 0.3) is 0 Å². The topological polar surface area (TPSA) is 92.6 Å². The van der Waals surface area contributed by atoms with Crippen molar-refractivity contribution in [1.29, 1.82) is 0 Å². The highest BCUT2D eigenvalue weighted by atomic mass is 19.4. The SMILES string of the molecule is O=C1CN(c2ccc([N+](=O)[O-])c(C(F)(F)F)c2)C(=O)N1. The van der Waals surface area contributed by atoms with E-state index in [4.69, 9.17) is 0 Å². The Morgan fingerprint density at radius 3 is 2.40 bits per heavy atom. The van der Waals surface area contributed by atoms with Crippen LogP contribution in [0.1, 0.15) is 5.56 Å². The number of carbonyl (C=O) groups is 2. The number of nitro benzene ring substituents is 1. The van der Waals surface area contributed by atoms with Crippen molar-refractivity contribution in [3.63, 3.8) is 0 Å². The predicted octanol–water partition coefficient (Wildman–Crippen LogP) is 1.67. The average Bonchev–Trinajstić information content (AvgIpc) is 2.66. The molecule has 3 amide bonds. The highest BCUT2D eigenvalue weighted by Gasteiger charge is 2.39. The number of anilines is 1. The minimum Gasteiger partial charge on any atom is -0.285 e. The van der Waals surface area contributed by atoms with Gasteiger partial charge in [0.15, 0.2) is 0 Å². The minimum atomic E-state index is -4.95. The van der Waals surface area contributed by atoms with Crippen molar-refractivity contribution in [2.75, 3.05) is 11.4 Å². The number of hydrogen-bond donors (Lipinski definition) is 1. The normalized spacial score (nSPS) is 15.4. The molecule has 1 fully saturated rings. The quantitative estimate of drug-likeness (QED) is 0.509. The number of hydrogen-bond acceptors (Lipinski definition) is 4. The van der Waals surface area contributed by atoms with Gasteiger partial charge in [-0.05, 0) is 12.1 Å².